The molecule has 0 aliphatic heterocycles. The van der Waals surface area contributed by atoms with Crippen molar-refractivity contribution in [3.63, 3.8) is 0 Å². The summed E-state index contributed by atoms with van der Waals surface area (Å²) in [5.41, 5.74) is 2.04. The maximum Gasteiger partial charge on any atom is 0.162 e. The van der Waals surface area contributed by atoms with Gasteiger partial charge in [0.05, 0.1) is 0 Å². The summed E-state index contributed by atoms with van der Waals surface area (Å²) in [6.45, 7) is 0. The molecule has 21 heavy (non-hydrogen) atoms. The SMILES string of the molecule is O=C(CC[c-]1cccc1)c1ccccc1.[Fe].[cH-]1[cH-][cH-][cH-][cH-]1. The second-order valence-electron chi connectivity index (χ2n) is 4.54. The van der Waals surface area contributed by atoms with Gasteiger partial charge in [0.15, 0.2) is 5.78 Å². The summed E-state index contributed by atoms with van der Waals surface area (Å²) in [4.78, 5) is 11.7. The van der Waals surface area contributed by atoms with E-state index in [9.17, 15) is 4.79 Å². The van der Waals surface area contributed by atoms with Crippen molar-refractivity contribution in [1.82, 2.24) is 0 Å². The summed E-state index contributed by atoms with van der Waals surface area (Å²) in [6.07, 6.45) is 1.43. The molecule has 0 aliphatic carbocycles. The van der Waals surface area contributed by atoms with Gasteiger partial charge < -0.3 is 30.3 Å². The minimum atomic E-state index is 0. The Morgan fingerprint density at radius 1 is 0.857 bits per heavy atom. The van der Waals surface area contributed by atoms with Crippen molar-refractivity contribution in [2.45, 2.75) is 12.8 Å². The molecule has 1 nitrogen and oxygen atoms in total. The van der Waals surface area contributed by atoms with Gasteiger partial charge in [-0.2, -0.15) is 17.7 Å². The molecule has 0 aromatic heterocycles. The van der Waals surface area contributed by atoms with E-state index in [1.807, 2.05) is 72.8 Å². The van der Waals surface area contributed by atoms with Gasteiger partial charge >= 0.3 is 0 Å². The van der Waals surface area contributed by atoms with Crippen LogP contribution in [0.3, 0.4) is 0 Å². The molecular formula is C19H18FeO-6. The van der Waals surface area contributed by atoms with Crippen LogP contribution in [0.25, 0.3) is 0 Å². The van der Waals surface area contributed by atoms with Crippen molar-refractivity contribution in [2.75, 3.05) is 0 Å². The molecule has 0 fully saturated rings. The van der Waals surface area contributed by atoms with Gasteiger partial charge in [0, 0.05) is 29.1 Å². The number of Topliss-reactive ketones (excluding diaryl/α,β-unsaturated/α-hetero) is 1. The van der Waals surface area contributed by atoms with Crippen LogP contribution in [0.2, 0.25) is 0 Å². The van der Waals surface area contributed by atoms with Crippen LogP contribution in [0, 0.1) is 0 Å². The van der Waals surface area contributed by atoms with Crippen LogP contribution in [-0.4, -0.2) is 5.78 Å². The number of rotatable bonds is 4. The Kier molecular flexibility index (Phi) is 8.11. The average molecular weight is 318 g/mol. The van der Waals surface area contributed by atoms with Gasteiger partial charge in [-0.1, -0.05) is 36.8 Å². The molecular weight excluding hydrogens is 300 g/mol. The van der Waals surface area contributed by atoms with E-state index >= 15 is 0 Å². The topological polar surface area (TPSA) is 17.1 Å². The molecule has 3 aromatic rings. The second kappa shape index (κ2) is 9.93. The normalized spacial score (nSPS) is 9.14. The Hall–Kier alpha value is -1.89. The molecule has 0 saturated carbocycles. The monoisotopic (exact) mass is 318 g/mol. The van der Waals surface area contributed by atoms with Crippen LogP contribution >= 0.6 is 0 Å². The van der Waals surface area contributed by atoms with Crippen LogP contribution in [0.15, 0.2) is 84.9 Å². The maximum atomic E-state index is 11.7. The van der Waals surface area contributed by atoms with E-state index in [4.69, 9.17) is 0 Å². The van der Waals surface area contributed by atoms with Gasteiger partial charge in [0.25, 0.3) is 0 Å². The predicted octanol–water partition coefficient (Wildman–Crippen LogP) is 4.62. The van der Waals surface area contributed by atoms with Crippen molar-refractivity contribution >= 4 is 5.78 Å². The number of benzene rings is 1. The summed E-state index contributed by atoms with van der Waals surface area (Å²) in [7, 11) is 0. The molecule has 0 amide bonds. The van der Waals surface area contributed by atoms with E-state index in [1.54, 1.807) is 0 Å². The van der Waals surface area contributed by atoms with Crippen molar-refractivity contribution in [3.8, 4) is 0 Å². The molecule has 3 rings (SSSR count). The summed E-state index contributed by atoms with van der Waals surface area (Å²) < 4.78 is 0. The minimum absolute atomic E-state index is 0. The Balaban J connectivity index is 0.000000313. The molecule has 0 saturated heterocycles. The van der Waals surface area contributed by atoms with Crippen molar-refractivity contribution in [2.24, 2.45) is 0 Å². The molecule has 2 heteroatoms. The molecule has 0 radical (unpaired) electrons. The third kappa shape index (κ3) is 6.39. The molecule has 0 heterocycles. The fourth-order valence-corrected chi connectivity index (χ4v) is 1.93. The molecule has 0 atom stereocenters. The van der Waals surface area contributed by atoms with Gasteiger partial charge in [0.2, 0.25) is 0 Å². The van der Waals surface area contributed by atoms with Crippen LogP contribution in [0.5, 0.6) is 0 Å². The number of hydrogen-bond donors (Lipinski definition) is 0. The van der Waals surface area contributed by atoms with E-state index < -0.39 is 0 Å². The predicted molar refractivity (Wildman–Crippen MR) is 83.2 cm³/mol. The zero-order valence-corrected chi connectivity index (χ0v) is 12.9. The number of aryl methyl sites for hydroxylation is 1. The maximum absolute atomic E-state index is 11.7. The fourth-order valence-electron chi connectivity index (χ4n) is 1.93. The second-order valence-corrected chi connectivity index (χ2v) is 4.54. The standard InChI is InChI=1S/C14H13O.C5H5.Fe/c15-14(13-8-2-1-3-9-13)11-10-12-6-4-5-7-12;1-2-4-5-3-1;/h1-9H,10-11H2;1-5H;/q-1;-5;. The molecule has 114 valence electrons. The van der Waals surface area contributed by atoms with Gasteiger partial charge in [-0.05, 0) is 0 Å². The third-order valence-electron chi connectivity index (χ3n) is 3.02. The van der Waals surface area contributed by atoms with Crippen LogP contribution in [-0.2, 0) is 23.5 Å². The molecule has 0 spiro atoms. The van der Waals surface area contributed by atoms with Gasteiger partial charge in [0.1, 0.15) is 0 Å². The average Bonchev–Trinajstić information content (AvgIpc) is 3.21. The first-order valence-electron chi connectivity index (χ1n) is 6.82. The fraction of sp³-hybridized carbons (Fsp3) is 0.105. The van der Waals surface area contributed by atoms with E-state index in [1.165, 1.54) is 5.56 Å². The van der Waals surface area contributed by atoms with Crippen LogP contribution < -0.4 is 0 Å². The number of hydrogen-bond acceptors (Lipinski definition) is 1. The first-order chi connectivity index (χ1) is 9.86. The Morgan fingerprint density at radius 2 is 1.38 bits per heavy atom. The smallest absolute Gasteiger partial charge is 0.162 e. The Morgan fingerprint density at radius 3 is 1.90 bits per heavy atom. The van der Waals surface area contributed by atoms with Crippen molar-refractivity contribution in [3.05, 3.63) is 96.1 Å². The zero-order chi connectivity index (χ0) is 14.0. The number of carbonyl (C=O) groups is 1. The van der Waals surface area contributed by atoms with Gasteiger partial charge in [-0.3, -0.25) is 4.79 Å². The summed E-state index contributed by atoms with van der Waals surface area (Å²) in [6, 6.07) is 27.6. The van der Waals surface area contributed by atoms with Crippen LogP contribution in [0.1, 0.15) is 22.3 Å². The van der Waals surface area contributed by atoms with E-state index in [-0.39, 0.29) is 22.9 Å². The molecule has 3 aromatic carbocycles. The molecule has 0 N–H and O–H groups in total. The first-order valence-corrected chi connectivity index (χ1v) is 6.82. The summed E-state index contributed by atoms with van der Waals surface area (Å²) >= 11 is 0. The number of ketones is 1. The summed E-state index contributed by atoms with van der Waals surface area (Å²) in [5.74, 6) is 0.219. The van der Waals surface area contributed by atoms with Crippen molar-refractivity contribution < 1.29 is 21.9 Å². The zero-order valence-electron chi connectivity index (χ0n) is 11.8. The largest absolute Gasteiger partial charge is 0.748 e. The third-order valence-corrected chi connectivity index (χ3v) is 3.02. The summed E-state index contributed by atoms with van der Waals surface area (Å²) in [5, 5.41) is 0. The minimum Gasteiger partial charge on any atom is -0.748 e. The van der Waals surface area contributed by atoms with Crippen LogP contribution in [0.4, 0.5) is 0 Å². The first kappa shape index (κ1) is 17.2. The van der Waals surface area contributed by atoms with E-state index in [0.717, 1.165) is 12.0 Å². The number of carbonyl (C=O) groups excluding carboxylic acids is 1. The van der Waals surface area contributed by atoms with E-state index in [2.05, 4.69) is 12.1 Å². The van der Waals surface area contributed by atoms with Gasteiger partial charge in [-0.15, -0.1) is 0 Å². The molecule has 0 aliphatic rings. The molecule has 0 bridgehead atoms. The molecule has 0 unspecified atom stereocenters. The van der Waals surface area contributed by atoms with E-state index in [0.29, 0.717) is 6.42 Å². The Bertz CT molecular complexity index is 563. The quantitative estimate of drug-likeness (QED) is 0.390. The van der Waals surface area contributed by atoms with Gasteiger partial charge in [-0.25, -0.2) is 12.1 Å². The Labute approximate surface area is 136 Å². The van der Waals surface area contributed by atoms with Crippen molar-refractivity contribution in [1.29, 1.82) is 0 Å².